The average molecular weight is 221 g/mol. The molecule has 0 unspecified atom stereocenters. The van der Waals surface area contributed by atoms with Gasteiger partial charge in [0, 0.05) is 7.05 Å². The third-order valence-electron chi connectivity index (χ3n) is 1.48. The zero-order valence-electron chi connectivity index (χ0n) is 9.16. The van der Waals surface area contributed by atoms with Gasteiger partial charge >= 0.3 is 0 Å². The van der Waals surface area contributed by atoms with Crippen molar-refractivity contribution in [2.24, 2.45) is 11.1 Å². The number of hydrogen-bond acceptors (Lipinski definition) is 3. The van der Waals surface area contributed by atoms with E-state index in [2.05, 4.69) is 0 Å². The summed E-state index contributed by atoms with van der Waals surface area (Å²) in [6.07, 6.45) is 0. The summed E-state index contributed by atoms with van der Waals surface area (Å²) in [6, 6.07) is 0. The summed E-state index contributed by atoms with van der Waals surface area (Å²) in [4.78, 5) is 0. The van der Waals surface area contributed by atoms with E-state index in [0.29, 0.717) is 0 Å². The predicted octanol–water partition coefficient (Wildman–Crippen LogP) is 0.230. The molecule has 6 heteroatoms. The maximum Gasteiger partial charge on any atom is 0.214 e. The lowest BCUT2D eigenvalue weighted by molar-refractivity contribution is 0.435. The smallest absolute Gasteiger partial charge is 0.214 e. The second-order valence-corrected chi connectivity index (χ2v) is 6.67. The molecule has 0 heterocycles. The van der Waals surface area contributed by atoms with Gasteiger partial charge < -0.3 is 5.73 Å². The topological polar surface area (TPSA) is 87.2 Å². The molecule has 0 fully saturated rings. The first-order chi connectivity index (χ1) is 6.04. The first-order valence-electron chi connectivity index (χ1n) is 4.31. The minimum atomic E-state index is -3.30. The SMILES string of the molecule is CN(CC(=N)N)S(=O)(=O)CC(C)(C)C. The molecule has 0 aliphatic carbocycles. The first-order valence-corrected chi connectivity index (χ1v) is 5.92. The van der Waals surface area contributed by atoms with E-state index in [4.69, 9.17) is 11.1 Å². The minimum absolute atomic E-state index is 0.0432. The lowest BCUT2D eigenvalue weighted by atomic mass is 10.0. The predicted molar refractivity (Wildman–Crippen MR) is 57.8 cm³/mol. The molecule has 84 valence electrons. The molecule has 5 nitrogen and oxygen atoms in total. The molecule has 0 aliphatic heterocycles. The van der Waals surface area contributed by atoms with Gasteiger partial charge in [-0.25, -0.2) is 8.42 Å². The van der Waals surface area contributed by atoms with Gasteiger partial charge in [-0.1, -0.05) is 20.8 Å². The highest BCUT2D eigenvalue weighted by molar-refractivity contribution is 7.89. The molecule has 0 spiro atoms. The Kier molecular flexibility index (Phi) is 4.08. The van der Waals surface area contributed by atoms with Crippen LogP contribution < -0.4 is 5.73 Å². The Morgan fingerprint density at radius 2 is 1.86 bits per heavy atom. The number of hydrogen-bond donors (Lipinski definition) is 2. The van der Waals surface area contributed by atoms with E-state index in [1.54, 1.807) is 0 Å². The van der Waals surface area contributed by atoms with Crippen LogP contribution >= 0.6 is 0 Å². The van der Waals surface area contributed by atoms with Crippen LogP contribution in [0.25, 0.3) is 0 Å². The highest BCUT2D eigenvalue weighted by atomic mass is 32.2. The Balaban J connectivity index is 4.56. The zero-order valence-corrected chi connectivity index (χ0v) is 9.98. The van der Waals surface area contributed by atoms with Crippen molar-refractivity contribution >= 4 is 15.9 Å². The molecule has 0 aliphatic rings. The third kappa shape index (κ3) is 5.18. The maximum atomic E-state index is 11.7. The van der Waals surface area contributed by atoms with Gasteiger partial charge in [0.15, 0.2) is 0 Å². The van der Waals surface area contributed by atoms with E-state index in [9.17, 15) is 8.42 Å². The molecule has 0 atom stereocenters. The molecule has 14 heavy (non-hydrogen) atoms. The van der Waals surface area contributed by atoms with Crippen LogP contribution in [0, 0.1) is 10.8 Å². The Bertz CT molecular complexity index is 303. The van der Waals surface area contributed by atoms with E-state index < -0.39 is 10.0 Å². The highest BCUT2D eigenvalue weighted by Crippen LogP contribution is 2.17. The number of sulfonamides is 1. The van der Waals surface area contributed by atoms with Gasteiger partial charge in [-0.2, -0.15) is 4.31 Å². The van der Waals surface area contributed by atoms with Crippen molar-refractivity contribution in [2.75, 3.05) is 19.3 Å². The van der Waals surface area contributed by atoms with Crippen molar-refractivity contribution in [1.82, 2.24) is 4.31 Å². The number of rotatable bonds is 4. The van der Waals surface area contributed by atoms with Crippen LogP contribution in [0.2, 0.25) is 0 Å². The van der Waals surface area contributed by atoms with Crippen molar-refractivity contribution in [2.45, 2.75) is 20.8 Å². The summed E-state index contributed by atoms with van der Waals surface area (Å²) in [7, 11) is -1.87. The second-order valence-electron chi connectivity index (χ2n) is 4.60. The first kappa shape index (κ1) is 13.4. The van der Waals surface area contributed by atoms with Crippen molar-refractivity contribution in [3.05, 3.63) is 0 Å². The molecule has 0 radical (unpaired) electrons. The lowest BCUT2D eigenvalue weighted by Gasteiger charge is -2.23. The Labute approximate surface area is 85.8 Å². The molecule has 3 N–H and O–H groups in total. The van der Waals surface area contributed by atoms with Gasteiger partial charge in [-0.15, -0.1) is 0 Å². The van der Waals surface area contributed by atoms with E-state index in [1.807, 2.05) is 20.8 Å². The molecule has 0 rings (SSSR count). The van der Waals surface area contributed by atoms with Crippen molar-refractivity contribution in [3.8, 4) is 0 Å². The normalized spacial score (nSPS) is 13.2. The number of likely N-dealkylation sites (N-methyl/N-ethyl adjacent to an activating group) is 1. The summed E-state index contributed by atoms with van der Waals surface area (Å²) < 4.78 is 24.4. The molecular weight excluding hydrogens is 202 g/mol. The number of nitrogens with two attached hydrogens (primary N) is 1. The monoisotopic (exact) mass is 221 g/mol. The molecule has 0 aromatic heterocycles. The Hall–Kier alpha value is -0.620. The number of nitrogens with one attached hydrogen (secondary N) is 1. The van der Waals surface area contributed by atoms with E-state index in [0.717, 1.165) is 4.31 Å². The molecule has 0 saturated heterocycles. The fraction of sp³-hybridized carbons (Fsp3) is 0.875. The molecule has 0 amide bonds. The van der Waals surface area contributed by atoms with Crippen molar-refractivity contribution in [3.63, 3.8) is 0 Å². The van der Waals surface area contributed by atoms with Crippen LogP contribution in [0.5, 0.6) is 0 Å². The quantitative estimate of drug-likeness (QED) is 0.526. The van der Waals surface area contributed by atoms with Crippen LogP contribution in [0.4, 0.5) is 0 Å². The average Bonchev–Trinajstić information content (AvgIpc) is 1.78. The van der Waals surface area contributed by atoms with E-state index in [-0.39, 0.29) is 23.5 Å². The summed E-state index contributed by atoms with van der Waals surface area (Å²) in [5.41, 5.74) is 4.84. The van der Waals surface area contributed by atoms with Crippen molar-refractivity contribution in [1.29, 1.82) is 5.41 Å². The maximum absolute atomic E-state index is 11.7. The fourth-order valence-corrected chi connectivity index (χ4v) is 2.65. The largest absolute Gasteiger partial charge is 0.387 e. The standard InChI is InChI=1S/C8H19N3O2S/c1-8(2,3)6-14(12,13)11(4)5-7(9)10/h5-6H2,1-4H3,(H3,9,10). The minimum Gasteiger partial charge on any atom is -0.387 e. The lowest BCUT2D eigenvalue weighted by Crippen LogP contribution is -2.39. The fourth-order valence-electron chi connectivity index (χ4n) is 0.996. The molecular formula is C8H19N3O2S. The summed E-state index contributed by atoms with van der Waals surface area (Å²) in [5.74, 6) is -0.0889. The van der Waals surface area contributed by atoms with Crippen LogP contribution in [-0.2, 0) is 10.0 Å². The Morgan fingerprint density at radius 3 is 2.14 bits per heavy atom. The summed E-state index contributed by atoms with van der Waals surface area (Å²) >= 11 is 0. The van der Waals surface area contributed by atoms with Gasteiger partial charge in [-0.05, 0) is 5.41 Å². The van der Waals surface area contributed by atoms with Gasteiger partial charge in [0.1, 0.15) is 5.84 Å². The Morgan fingerprint density at radius 1 is 1.43 bits per heavy atom. The molecule has 0 bridgehead atoms. The third-order valence-corrected chi connectivity index (χ3v) is 3.79. The number of nitrogens with zero attached hydrogens (tertiary/aromatic N) is 1. The number of amidine groups is 1. The summed E-state index contributed by atoms with van der Waals surface area (Å²) in [6.45, 7) is 5.52. The van der Waals surface area contributed by atoms with Gasteiger partial charge in [0.05, 0.1) is 12.3 Å². The van der Waals surface area contributed by atoms with Crippen LogP contribution in [0.3, 0.4) is 0 Å². The van der Waals surface area contributed by atoms with Gasteiger partial charge in [0.2, 0.25) is 10.0 Å². The van der Waals surface area contributed by atoms with Gasteiger partial charge in [-0.3, -0.25) is 5.41 Å². The zero-order chi connectivity index (χ0) is 11.6. The second kappa shape index (κ2) is 4.27. The van der Waals surface area contributed by atoms with Crippen LogP contribution in [0.1, 0.15) is 20.8 Å². The van der Waals surface area contributed by atoms with Crippen LogP contribution in [0.15, 0.2) is 0 Å². The van der Waals surface area contributed by atoms with E-state index >= 15 is 0 Å². The molecule has 0 saturated carbocycles. The van der Waals surface area contributed by atoms with Gasteiger partial charge in [0.25, 0.3) is 0 Å². The van der Waals surface area contributed by atoms with Crippen molar-refractivity contribution < 1.29 is 8.42 Å². The molecule has 0 aromatic carbocycles. The van der Waals surface area contributed by atoms with Crippen LogP contribution in [-0.4, -0.2) is 37.9 Å². The molecule has 0 aromatic rings. The van der Waals surface area contributed by atoms with E-state index in [1.165, 1.54) is 7.05 Å². The highest BCUT2D eigenvalue weighted by Gasteiger charge is 2.25. The summed E-state index contributed by atoms with van der Waals surface area (Å²) in [5, 5.41) is 7.01.